The van der Waals surface area contributed by atoms with Crippen molar-refractivity contribution in [1.29, 1.82) is 0 Å². The largest absolute Gasteiger partial charge is 0.342 e. The molecule has 0 radical (unpaired) electrons. The number of likely N-dealkylation sites (tertiary alicyclic amines) is 1. The molecule has 1 aromatic carbocycles. The number of nitrogens with two attached hydrogens (primary N) is 1. The number of benzene rings is 1. The number of halogens is 1. The van der Waals surface area contributed by atoms with E-state index in [-0.39, 0.29) is 5.91 Å². The summed E-state index contributed by atoms with van der Waals surface area (Å²) in [7, 11) is 0. The summed E-state index contributed by atoms with van der Waals surface area (Å²) < 4.78 is 0. The summed E-state index contributed by atoms with van der Waals surface area (Å²) in [4.78, 5) is 14.6. The minimum Gasteiger partial charge on any atom is -0.342 e. The maximum atomic E-state index is 12.7. The highest BCUT2D eigenvalue weighted by molar-refractivity contribution is 6.30. The van der Waals surface area contributed by atoms with Gasteiger partial charge in [-0.25, -0.2) is 0 Å². The first-order valence-corrected chi connectivity index (χ1v) is 7.54. The second-order valence-corrected chi connectivity index (χ2v) is 6.77. The minimum atomic E-state index is -0.409. The van der Waals surface area contributed by atoms with Gasteiger partial charge in [0.25, 0.3) is 0 Å². The zero-order valence-corrected chi connectivity index (χ0v) is 13.0. The number of hydrogen-bond acceptors (Lipinski definition) is 2. The lowest BCUT2D eigenvalue weighted by molar-refractivity contribution is -0.139. The first-order chi connectivity index (χ1) is 9.42. The molecule has 0 aliphatic carbocycles. The second-order valence-electron chi connectivity index (χ2n) is 6.33. The highest BCUT2D eigenvalue weighted by Gasteiger charge is 2.35. The quantitative estimate of drug-likeness (QED) is 0.928. The van der Waals surface area contributed by atoms with Gasteiger partial charge in [-0.05, 0) is 43.0 Å². The van der Waals surface area contributed by atoms with Gasteiger partial charge in [-0.1, -0.05) is 37.6 Å². The Kier molecular flexibility index (Phi) is 4.71. The Bertz CT molecular complexity index is 487. The van der Waals surface area contributed by atoms with Crippen LogP contribution in [0.1, 0.15) is 25.8 Å². The Morgan fingerprint density at radius 1 is 1.50 bits per heavy atom. The van der Waals surface area contributed by atoms with Gasteiger partial charge in [0.1, 0.15) is 0 Å². The molecule has 0 spiro atoms. The van der Waals surface area contributed by atoms with Crippen molar-refractivity contribution in [2.45, 2.75) is 26.7 Å². The third-order valence-electron chi connectivity index (χ3n) is 4.02. The molecule has 2 N–H and O–H groups in total. The molecule has 1 saturated heterocycles. The Morgan fingerprint density at radius 3 is 2.85 bits per heavy atom. The number of carbonyl (C=O) groups is 1. The van der Waals surface area contributed by atoms with Gasteiger partial charge in [0.05, 0.1) is 0 Å². The molecule has 0 aromatic heterocycles. The highest BCUT2D eigenvalue weighted by atomic mass is 35.5. The van der Waals surface area contributed by atoms with Gasteiger partial charge in [0.2, 0.25) is 5.91 Å². The van der Waals surface area contributed by atoms with E-state index in [9.17, 15) is 4.79 Å². The van der Waals surface area contributed by atoms with Gasteiger partial charge in [-0.15, -0.1) is 0 Å². The van der Waals surface area contributed by atoms with Gasteiger partial charge < -0.3 is 10.6 Å². The monoisotopic (exact) mass is 294 g/mol. The number of carbonyl (C=O) groups excluding carboxylic acids is 1. The molecule has 1 heterocycles. The van der Waals surface area contributed by atoms with E-state index in [4.69, 9.17) is 17.3 Å². The zero-order chi connectivity index (χ0) is 14.8. The summed E-state index contributed by atoms with van der Waals surface area (Å²) >= 11 is 6.01. The third-order valence-corrected chi connectivity index (χ3v) is 4.26. The topological polar surface area (TPSA) is 46.3 Å². The lowest BCUT2D eigenvalue weighted by Gasteiger charge is -2.29. The second kappa shape index (κ2) is 6.15. The molecule has 1 aliphatic heterocycles. The average Bonchev–Trinajstić information content (AvgIpc) is 2.85. The summed E-state index contributed by atoms with van der Waals surface area (Å²) in [6.45, 7) is 6.31. The Hall–Kier alpha value is -1.06. The number of amides is 1. The fourth-order valence-corrected chi connectivity index (χ4v) is 3.08. The van der Waals surface area contributed by atoms with Crippen LogP contribution in [-0.4, -0.2) is 30.4 Å². The predicted molar refractivity (Wildman–Crippen MR) is 82.7 cm³/mol. The van der Waals surface area contributed by atoms with E-state index in [2.05, 4.69) is 0 Å². The first-order valence-electron chi connectivity index (χ1n) is 7.16. The molecule has 2 rings (SSSR count). The first kappa shape index (κ1) is 15.3. The van der Waals surface area contributed by atoms with Crippen LogP contribution in [0.3, 0.4) is 0 Å². The van der Waals surface area contributed by atoms with E-state index in [1.807, 2.05) is 43.0 Å². The average molecular weight is 295 g/mol. The van der Waals surface area contributed by atoms with Crippen LogP contribution in [0.5, 0.6) is 0 Å². The summed E-state index contributed by atoms with van der Waals surface area (Å²) in [5, 5.41) is 0.718. The van der Waals surface area contributed by atoms with Crippen molar-refractivity contribution in [3.8, 4) is 0 Å². The molecular weight excluding hydrogens is 272 g/mol. The SMILES string of the molecule is CC(C)(Cc1cccc(Cl)c1)C(=O)N1CCC(CN)C1. The molecule has 4 heteroatoms. The standard InChI is InChI=1S/C16H23ClN2O/c1-16(2,9-12-4-3-5-14(17)8-12)15(20)19-7-6-13(10-18)11-19/h3-5,8,13H,6-7,9-11,18H2,1-2H3. The number of rotatable bonds is 4. The predicted octanol–water partition coefficient (Wildman–Crippen LogP) is 2.72. The van der Waals surface area contributed by atoms with Gasteiger partial charge in [0, 0.05) is 23.5 Å². The van der Waals surface area contributed by atoms with Crippen molar-refractivity contribution in [3.63, 3.8) is 0 Å². The number of nitrogens with zero attached hydrogens (tertiary/aromatic N) is 1. The summed E-state index contributed by atoms with van der Waals surface area (Å²) in [5.41, 5.74) is 6.39. The van der Waals surface area contributed by atoms with Crippen molar-refractivity contribution >= 4 is 17.5 Å². The maximum absolute atomic E-state index is 12.7. The Balaban J connectivity index is 2.04. The van der Waals surface area contributed by atoms with Crippen molar-refractivity contribution < 1.29 is 4.79 Å². The smallest absolute Gasteiger partial charge is 0.228 e. The van der Waals surface area contributed by atoms with E-state index in [0.717, 1.165) is 30.1 Å². The Morgan fingerprint density at radius 2 is 2.25 bits per heavy atom. The van der Waals surface area contributed by atoms with Crippen molar-refractivity contribution in [2.24, 2.45) is 17.1 Å². The zero-order valence-electron chi connectivity index (χ0n) is 12.2. The highest BCUT2D eigenvalue weighted by Crippen LogP contribution is 2.28. The summed E-state index contributed by atoms with van der Waals surface area (Å²) in [6, 6.07) is 7.74. The van der Waals surface area contributed by atoms with E-state index in [0.29, 0.717) is 18.9 Å². The van der Waals surface area contributed by atoms with Gasteiger partial charge >= 0.3 is 0 Å². The van der Waals surface area contributed by atoms with E-state index in [1.54, 1.807) is 0 Å². The van der Waals surface area contributed by atoms with Crippen molar-refractivity contribution in [2.75, 3.05) is 19.6 Å². The molecule has 110 valence electrons. The van der Waals surface area contributed by atoms with Crippen molar-refractivity contribution in [1.82, 2.24) is 4.90 Å². The Labute approximate surface area is 126 Å². The third kappa shape index (κ3) is 3.53. The molecule has 1 atom stereocenters. The molecule has 0 bridgehead atoms. The van der Waals surface area contributed by atoms with Gasteiger partial charge in [-0.2, -0.15) is 0 Å². The van der Waals surface area contributed by atoms with Crippen LogP contribution < -0.4 is 5.73 Å². The minimum absolute atomic E-state index is 0.216. The van der Waals surface area contributed by atoms with Crippen molar-refractivity contribution in [3.05, 3.63) is 34.9 Å². The maximum Gasteiger partial charge on any atom is 0.228 e. The molecular formula is C16H23ClN2O. The van der Waals surface area contributed by atoms with Gasteiger partial charge in [-0.3, -0.25) is 4.79 Å². The van der Waals surface area contributed by atoms with Crippen LogP contribution in [0, 0.1) is 11.3 Å². The molecule has 0 saturated carbocycles. The molecule has 1 aromatic rings. The lowest BCUT2D eigenvalue weighted by Crippen LogP contribution is -2.41. The van der Waals surface area contributed by atoms with E-state index in [1.165, 1.54) is 0 Å². The molecule has 1 unspecified atom stereocenters. The normalized spacial score (nSPS) is 19.4. The molecule has 1 fully saturated rings. The van der Waals surface area contributed by atoms with Crippen LogP contribution >= 0.6 is 11.6 Å². The molecule has 1 amide bonds. The lowest BCUT2D eigenvalue weighted by atomic mass is 9.84. The summed E-state index contributed by atoms with van der Waals surface area (Å²) in [5.74, 6) is 0.675. The van der Waals surface area contributed by atoms with Crippen LogP contribution in [0.2, 0.25) is 5.02 Å². The van der Waals surface area contributed by atoms with Gasteiger partial charge in [0.15, 0.2) is 0 Å². The fraction of sp³-hybridized carbons (Fsp3) is 0.562. The fourth-order valence-electron chi connectivity index (χ4n) is 2.87. The van der Waals surface area contributed by atoms with E-state index >= 15 is 0 Å². The van der Waals surface area contributed by atoms with E-state index < -0.39 is 5.41 Å². The summed E-state index contributed by atoms with van der Waals surface area (Å²) in [6.07, 6.45) is 1.73. The molecule has 3 nitrogen and oxygen atoms in total. The van der Waals surface area contributed by atoms with Crippen LogP contribution in [0.4, 0.5) is 0 Å². The van der Waals surface area contributed by atoms with Crippen LogP contribution in [-0.2, 0) is 11.2 Å². The number of hydrogen-bond donors (Lipinski definition) is 1. The van der Waals surface area contributed by atoms with Crippen LogP contribution in [0.15, 0.2) is 24.3 Å². The molecule has 20 heavy (non-hydrogen) atoms. The van der Waals surface area contributed by atoms with Crippen LogP contribution in [0.25, 0.3) is 0 Å². The molecule has 1 aliphatic rings.